The SMILES string of the molecule is Nc1ccc(-c2ncc(-c3ccc(F)cc3)[nH]2)cn1. The van der Waals surface area contributed by atoms with E-state index >= 15 is 0 Å². The van der Waals surface area contributed by atoms with E-state index in [2.05, 4.69) is 15.0 Å². The number of rotatable bonds is 2. The van der Waals surface area contributed by atoms with E-state index < -0.39 is 0 Å². The summed E-state index contributed by atoms with van der Waals surface area (Å²) in [5.41, 5.74) is 8.09. The van der Waals surface area contributed by atoms with Crippen LogP contribution in [0.2, 0.25) is 0 Å². The topological polar surface area (TPSA) is 67.6 Å². The van der Waals surface area contributed by atoms with E-state index in [9.17, 15) is 4.39 Å². The third kappa shape index (κ3) is 2.30. The molecule has 3 N–H and O–H groups in total. The number of nitrogens with two attached hydrogens (primary N) is 1. The van der Waals surface area contributed by atoms with Crippen molar-refractivity contribution in [1.29, 1.82) is 0 Å². The van der Waals surface area contributed by atoms with Crippen molar-refractivity contribution >= 4 is 5.82 Å². The molecule has 2 heterocycles. The number of aromatic amines is 1. The predicted molar refractivity (Wildman–Crippen MR) is 71.6 cm³/mol. The van der Waals surface area contributed by atoms with E-state index in [1.807, 2.05) is 6.07 Å². The van der Waals surface area contributed by atoms with Gasteiger partial charge in [0.15, 0.2) is 0 Å². The molecule has 94 valence electrons. The van der Waals surface area contributed by atoms with E-state index in [4.69, 9.17) is 5.73 Å². The van der Waals surface area contributed by atoms with Gasteiger partial charge in [-0.3, -0.25) is 0 Å². The van der Waals surface area contributed by atoms with Crippen LogP contribution in [0.25, 0.3) is 22.6 Å². The smallest absolute Gasteiger partial charge is 0.139 e. The minimum atomic E-state index is -0.258. The Balaban J connectivity index is 1.95. The summed E-state index contributed by atoms with van der Waals surface area (Å²) in [7, 11) is 0. The van der Waals surface area contributed by atoms with Crippen LogP contribution in [-0.4, -0.2) is 15.0 Å². The Labute approximate surface area is 109 Å². The lowest BCUT2D eigenvalue weighted by Gasteiger charge is -1.98. The second kappa shape index (κ2) is 4.53. The first-order chi connectivity index (χ1) is 9.22. The van der Waals surface area contributed by atoms with Crippen molar-refractivity contribution in [2.45, 2.75) is 0 Å². The van der Waals surface area contributed by atoms with Gasteiger partial charge in [-0.1, -0.05) is 0 Å². The van der Waals surface area contributed by atoms with Crippen LogP contribution >= 0.6 is 0 Å². The third-order valence-corrected chi connectivity index (χ3v) is 2.79. The van der Waals surface area contributed by atoms with Crippen molar-refractivity contribution in [2.24, 2.45) is 0 Å². The molecule has 0 spiro atoms. The molecule has 0 aliphatic carbocycles. The zero-order valence-corrected chi connectivity index (χ0v) is 9.97. The molecule has 0 aliphatic rings. The van der Waals surface area contributed by atoms with Crippen molar-refractivity contribution in [1.82, 2.24) is 15.0 Å². The van der Waals surface area contributed by atoms with Gasteiger partial charge in [-0.25, -0.2) is 14.4 Å². The standard InChI is InChI=1S/C14H11FN4/c15-11-4-1-9(2-5-11)12-8-18-14(19-12)10-3-6-13(16)17-7-10/h1-8H,(H2,16,17)(H,18,19). The van der Waals surface area contributed by atoms with Gasteiger partial charge >= 0.3 is 0 Å². The van der Waals surface area contributed by atoms with Gasteiger partial charge in [0.1, 0.15) is 17.5 Å². The highest BCUT2D eigenvalue weighted by Gasteiger charge is 2.05. The number of pyridine rings is 1. The molecule has 0 saturated carbocycles. The number of benzene rings is 1. The molecule has 0 aliphatic heterocycles. The summed E-state index contributed by atoms with van der Waals surface area (Å²) in [4.78, 5) is 11.5. The van der Waals surface area contributed by atoms with E-state index in [1.165, 1.54) is 12.1 Å². The summed E-state index contributed by atoms with van der Waals surface area (Å²) < 4.78 is 12.9. The van der Waals surface area contributed by atoms with E-state index in [-0.39, 0.29) is 5.82 Å². The number of nitrogens with one attached hydrogen (secondary N) is 1. The van der Waals surface area contributed by atoms with E-state index in [1.54, 1.807) is 30.6 Å². The van der Waals surface area contributed by atoms with Gasteiger partial charge < -0.3 is 10.7 Å². The Morgan fingerprint density at radius 3 is 2.32 bits per heavy atom. The molecule has 0 unspecified atom stereocenters. The van der Waals surface area contributed by atoms with E-state index in [0.29, 0.717) is 11.6 Å². The minimum absolute atomic E-state index is 0.258. The molecule has 5 heteroatoms. The first kappa shape index (κ1) is 11.4. The first-order valence-electron chi connectivity index (χ1n) is 5.75. The monoisotopic (exact) mass is 254 g/mol. The highest BCUT2D eigenvalue weighted by molar-refractivity contribution is 5.64. The summed E-state index contributed by atoms with van der Waals surface area (Å²) in [6.07, 6.45) is 3.36. The van der Waals surface area contributed by atoms with Crippen molar-refractivity contribution in [3.8, 4) is 22.6 Å². The molecule has 0 amide bonds. The van der Waals surface area contributed by atoms with Crippen LogP contribution in [0, 0.1) is 5.82 Å². The highest BCUT2D eigenvalue weighted by Crippen LogP contribution is 2.22. The fourth-order valence-electron chi connectivity index (χ4n) is 1.79. The number of hydrogen-bond donors (Lipinski definition) is 2. The average Bonchev–Trinajstić information content (AvgIpc) is 2.90. The molecular formula is C14H11FN4. The van der Waals surface area contributed by atoms with Crippen LogP contribution in [0.1, 0.15) is 0 Å². The van der Waals surface area contributed by atoms with E-state index in [0.717, 1.165) is 16.8 Å². The van der Waals surface area contributed by atoms with Gasteiger partial charge in [-0.15, -0.1) is 0 Å². The molecule has 0 radical (unpaired) electrons. The molecule has 0 saturated heterocycles. The molecular weight excluding hydrogens is 243 g/mol. The Kier molecular flexibility index (Phi) is 2.72. The summed E-state index contributed by atoms with van der Waals surface area (Å²) >= 11 is 0. The number of nitrogens with zero attached hydrogens (tertiary/aromatic N) is 2. The fraction of sp³-hybridized carbons (Fsp3) is 0. The maximum Gasteiger partial charge on any atom is 0.139 e. The Morgan fingerprint density at radius 2 is 1.63 bits per heavy atom. The largest absolute Gasteiger partial charge is 0.384 e. The minimum Gasteiger partial charge on any atom is -0.384 e. The number of hydrogen-bond acceptors (Lipinski definition) is 3. The normalized spacial score (nSPS) is 10.6. The third-order valence-electron chi connectivity index (χ3n) is 2.79. The maximum atomic E-state index is 12.9. The molecule has 19 heavy (non-hydrogen) atoms. The van der Waals surface area contributed by atoms with Crippen molar-refractivity contribution in [2.75, 3.05) is 5.73 Å². The fourth-order valence-corrected chi connectivity index (χ4v) is 1.79. The van der Waals surface area contributed by atoms with Gasteiger partial charge in [0.05, 0.1) is 11.9 Å². The van der Waals surface area contributed by atoms with Crippen LogP contribution in [0.4, 0.5) is 10.2 Å². The van der Waals surface area contributed by atoms with Crippen LogP contribution in [-0.2, 0) is 0 Å². The molecule has 0 atom stereocenters. The van der Waals surface area contributed by atoms with Gasteiger partial charge in [-0.05, 0) is 42.0 Å². The van der Waals surface area contributed by atoms with Crippen LogP contribution in [0.5, 0.6) is 0 Å². The number of nitrogen functional groups attached to an aromatic ring is 1. The lowest BCUT2D eigenvalue weighted by atomic mass is 10.2. The molecule has 3 rings (SSSR count). The lowest BCUT2D eigenvalue weighted by molar-refractivity contribution is 0.628. The van der Waals surface area contributed by atoms with Gasteiger partial charge in [-0.2, -0.15) is 0 Å². The number of halogens is 1. The Hall–Kier alpha value is -2.69. The average molecular weight is 254 g/mol. The molecule has 1 aromatic carbocycles. The predicted octanol–water partition coefficient (Wildman–Crippen LogP) is 2.86. The van der Waals surface area contributed by atoms with Gasteiger partial charge in [0.25, 0.3) is 0 Å². The van der Waals surface area contributed by atoms with Crippen molar-refractivity contribution < 1.29 is 4.39 Å². The van der Waals surface area contributed by atoms with Gasteiger partial charge in [0.2, 0.25) is 0 Å². The second-order valence-corrected chi connectivity index (χ2v) is 4.12. The lowest BCUT2D eigenvalue weighted by Crippen LogP contribution is -1.89. The van der Waals surface area contributed by atoms with Crippen LogP contribution in [0.15, 0.2) is 48.8 Å². The molecule has 4 nitrogen and oxygen atoms in total. The van der Waals surface area contributed by atoms with Gasteiger partial charge in [0, 0.05) is 11.8 Å². The molecule has 3 aromatic rings. The van der Waals surface area contributed by atoms with Crippen LogP contribution < -0.4 is 5.73 Å². The molecule has 2 aromatic heterocycles. The number of imidazole rings is 1. The van der Waals surface area contributed by atoms with Crippen molar-refractivity contribution in [3.63, 3.8) is 0 Å². The Bertz CT molecular complexity index is 626. The zero-order chi connectivity index (χ0) is 13.2. The van der Waals surface area contributed by atoms with Crippen molar-refractivity contribution in [3.05, 3.63) is 54.6 Å². The summed E-state index contributed by atoms with van der Waals surface area (Å²) in [6, 6.07) is 9.80. The zero-order valence-electron chi connectivity index (χ0n) is 9.97. The molecule has 0 fully saturated rings. The second-order valence-electron chi connectivity index (χ2n) is 4.12. The first-order valence-corrected chi connectivity index (χ1v) is 5.75. The summed E-state index contributed by atoms with van der Waals surface area (Å²) in [5, 5.41) is 0. The summed E-state index contributed by atoms with van der Waals surface area (Å²) in [5.74, 6) is 0.909. The van der Waals surface area contributed by atoms with Crippen LogP contribution in [0.3, 0.4) is 0 Å². The maximum absolute atomic E-state index is 12.9. The Morgan fingerprint density at radius 1 is 0.895 bits per heavy atom. The number of H-pyrrole nitrogens is 1. The number of anilines is 1. The number of aromatic nitrogens is 3. The molecule has 0 bridgehead atoms. The summed E-state index contributed by atoms with van der Waals surface area (Å²) in [6.45, 7) is 0. The quantitative estimate of drug-likeness (QED) is 0.738. The highest BCUT2D eigenvalue weighted by atomic mass is 19.1.